The lowest BCUT2D eigenvalue weighted by Crippen LogP contribution is -2.49. The molecule has 6 nitrogen and oxygen atoms in total. The number of rotatable bonds is 4. The van der Waals surface area contributed by atoms with Gasteiger partial charge in [0.05, 0.1) is 0 Å². The van der Waals surface area contributed by atoms with Crippen LogP contribution in [0.1, 0.15) is 19.4 Å². The van der Waals surface area contributed by atoms with Crippen molar-refractivity contribution >= 4 is 23.2 Å². The predicted octanol–water partition coefficient (Wildman–Crippen LogP) is 1.21. The Bertz CT molecular complexity index is 564. The summed E-state index contributed by atoms with van der Waals surface area (Å²) >= 11 is 0. The maximum atomic E-state index is 12.2. The maximum absolute atomic E-state index is 12.2. The van der Waals surface area contributed by atoms with Gasteiger partial charge in [-0.15, -0.1) is 0 Å². The van der Waals surface area contributed by atoms with Gasteiger partial charge in [0, 0.05) is 50.6 Å². The first-order valence-corrected chi connectivity index (χ1v) is 8.23. The van der Waals surface area contributed by atoms with Gasteiger partial charge in [-0.1, -0.05) is 0 Å². The van der Waals surface area contributed by atoms with Crippen molar-refractivity contribution in [3.8, 4) is 0 Å². The van der Waals surface area contributed by atoms with Gasteiger partial charge in [-0.05, 0) is 44.5 Å². The fourth-order valence-corrected chi connectivity index (χ4v) is 2.76. The number of benzene rings is 1. The largest absolute Gasteiger partial charge is 0.372 e. The number of nitrogens with one attached hydrogen (secondary N) is 2. The van der Waals surface area contributed by atoms with Crippen molar-refractivity contribution in [2.24, 2.45) is 0 Å². The molecule has 0 bridgehead atoms. The molecule has 0 atom stereocenters. The first kappa shape index (κ1) is 17.3. The molecule has 1 aliphatic rings. The average Bonchev–Trinajstić information content (AvgIpc) is 2.58. The van der Waals surface area contributed by atoms with Crippen molar-refractivity contribution in [3.05, 3.63) is 23.8 Å². The SMILES string of the molecule is CCN(CC)c1ccc(NC(=O)C(=O)N2CCNCC2)c(C)c1. The van der Waals surface area contributed by atoms with Crippen molar-refractivity contribution in [1.82, 2.24) is 10.2 Å². The number of piperazine rings is 1. The standard InChI is InChI=1S/C17H26N4O2/c1-4-20(5-2)14-6-7-15(13(3)12-14)19-16(22)17(23)21-10-8-18-9-11-21/h6-7,12,18H,4-5,8-11H2,1-3H3,(H,19,22). The zero-order valence-corrected chi connectivity index (χ0v) is 14.2. The van der Waals surface area contributed by atoms with Crippen LogP contribution in [0.2, 0.25) is 0 Å². The van der Waals surface area contributed by atoms with Gasteiger partial charge < -0.3 is 20.4 Å². The van der Waals surface area contributed by atoms with E-state index >= 15 is 0 Å². The van der Waals surface area contributed by atoms with Gasteiger partial charge in [-0.3, -0.25) is 9.59 Å². The molecule has 0 aliphatic carbocycles. The van der Waals surface area contributed by atoms with E-state index in [0.717, 1.165) is 37.4 Å². The number of hydrogen-bond acceptors (Lipinski definition) is 4. The van der Waals surface area contributed by atoms with E-state index in [4.69, 9.17) is 0 Å². The van der Waals surface area contributed by atoms with Gasteiger partial charge in [0.25, 0.3) is 0 Å². The minimum Gasteiger partial charge on any atom is -0.372 e. The number of nitrogens with zero attached hydrogens (tertiary/aromatic N) is 2. The Morgan fingerprint density at radius 1 is 1.22 bits per heavy atom. The fourth-order valence-electron chi connectivity index (χ4n) is 2.76. The number of aryl methyl sites for hydroxylation is 1. The van der Waals surface area contributed by atoms with Gasteiger partial charge in [0.1, 0.15) is 0 Å². The molecule has 2 rings (SSSR count). The van der Waals surface area contributed by atoms with E-state index in [1.54, 1.807) is 4.90 Å². The van der Waals surface area contributed by atoms with Gasteiger partial charge in [-0.25, -0.2) is 0 Å². The van der Waals surface area contributed by atoms with Crippen LogP contribution in [-0.4, -0.2) is 56.0 Å². The number of anilines is 2. The molecule has 0 radical (unpaired) electrons. The molecule has 2 amide bonds. The zero-order valence-electron chi connectivity index (χ0n) is 14.2. The molecule has 1 saturated heterocycles. The molecule has 1 aliphatic heterocycles. The summed E-state index contributed by atoms with van der Waals surface area (Å²) in [6, 6.07) is 5.88. The molecular weight excluding hydrogens is 292 g/mol. The van der Waals surface area contributed by atoms with Crippen molar-refractivity contribution < 1.29 is 9.59 Å². The van der Waals surface area contributed by atoms with Crippen LogP contribution in [0, 0.1) is 6.92 Å². The molecule has 1 heterocycles. The van der Waals surface area contributed by atoms with E-state index in [-0.39, 0.29) is 0 Å². The second-order valence-corrected chi connectivity index (χ2v) is 5.67. The topological polar surface area (TPSA) is 64.7 Å². The summed E-state index contributed by atoms with van der Waals surface area (Å²) in [5.41, 5.74) is 2.77. The lowest BCUT2D eigenvalue weighted by atomic mass is 10.1. The molecule has 126 valence electrons. The van der Waals surface area contributed by atoms with E-state index in [1.807, 2.05) is 25.1 Å². The molecular formula is C17H26N4O2. The van der Waals surface area contributed by atoms with Crippen LogP contribution in [-0.2, 0) is 9.59 Å². The van der Waals surface area contributed by atoms with E-state index in [0.29, 0.717) is 18.8 Å². The van der Waals surface area contributed by atoms with Crippen LogP contribution in [0.25, 0.3) is 0 Å². The smallest absolute Gasteiger partial charge is 0.313 e. The van der Waals surface area contributed by atoms with E-state index in [1.165, 1.54) is 0 Å². The molecule has 23 heavy (non-hydrogen) atoms. The Balaban J connectivity index is 2.04. The van der Waals surface area contributed by atoms with Crippen LogP contribution < -0.4 is 15.5 Å². The van der Waals surface area contributed by atoms with Gasteiger partial charge >= 0.3 is 11.8 Å². The van der Waals surface area contributed by atoms with E-state index < -0.39 is 11.8 Å². The maximum Gasteiger partial charge on any atom is 0.313 e. The quantitative estimate of drug-likeness (QED) is 0.819. The summed E-state index contributed by atoms with van der Waals surface area (Å²) in [5, 5.41) is 5.91. The zero-order chi connectivity index (χ0) is 16.8. The van der Waals surface area contributed by atoms with Crippen LogP contribution in [0.15, 0.2) is 18.2 Å². The Morgan fingerprint density at radius 3 is 2.43 bits per heavy atom. The molecule has 0 saturated carbocycles. The molecule has 0 spiro atoms. The fraction of sp³-hybridized carbons (Fsp3) is 0.529. The minimum atomic E-state index is -0.564. The summed E-state index contributed by atoms with van der Waals surface area (Å²) in [6.07, 6.45) is 0. The first-order chi connectivity index (χ1) is 11.1. The van der Waals surface area contributed by atoms with Crippen LogP contribution in [0.3, 0.4) is 0 Å². The van der Waals surface area contributed by atoms with Crippen molar-refractivity contribution in [3.63, 3.8) is 0 Å². The van der Waals surface area contributed by atoms with Crippen LogP contribution >= 0.6 is 0 Å². The monoisotopic (exact) mass is 318 g/mol. The number of amides is 2. The third-order valence-electron chi connectivity index (χ3n) is 4.19. The Morgan fingerprint density at radius 2 is 1.87 bits per heavy atom. The summed E-state index contributed by atoms with van der Waals surface area (Å²) in [4.78, 5) is 28.2. The molecule has 1 aromatic carbocycles. The highest BCUT2D eigenvalue weighted by molar-refractivity contribution is 6.39. The van der Waals surface area contributed by atoms with Crippen molar-refractivity contribution in [2.75, 3.05) is 49.5 Å². The average molecular weight is 318 g/mol. The van der Waals surface area contributed by atoms with Crippen LogP contribution in [0.5, 0.6) is 0 Å². The number of hydrogen-bond donors (Lipinski definition) is 2. The molecule has 1 fully saturated rings. The molecule has 1 aromatic rings. The molecule has 0 aromatic heterocycles. The van der Waals surface area contributed by atoms with Gasteiger partial charge in [0.15, 0.2) is 0 Å². The summed E-state index contributed by atoms with van der Waals surface area (Å²) in [7, 11) is 0. The summed E-state index contributed by atoms with van der Waals surface area (Å²) < 4.78 is 0. The Hall–Kier alpha value is -2.08. The second-order valence-electron chi connectivity index (χ2n) is 5.67. The third-order valence-corrected chi connectivity index (χ3v) is 4.19. The Kier molecular flexibility index (Phi) is 5.98. The molecule has 0 unspecified atom stereocenters. The lowest BCUT2D eigenvalue weighted by Gasteiger charge is -2.27. The van der Waals surface area contributed by atoms with E-state index in [2.05, 4.69) is 29.4 Å². The van der Waals surface area contributed by atoms with E-state index in [9.17, 15) is 9.59 Å². The van der Waals surface area contributed by atoms with Crippen molar-refractivity contribution in [2.45, 2.75) is 20.8 Å². The van der Waals surface area contributed by atoms with Gasteiger partial charge in [-0.2, -0.15) is 0 Å². The normalized spacial score (nSPS) is 14.5. The van der Waals surface area contributed by atoms with Crippen molar-refractivity contribution in [1.29, 1.82) is 0 Å². The molecule has 6 heteroatoms. The van der Waals surface area contributed by atoms with Crippen LogP contribution in [0.4, 0.5) is 11.4 Å². The highest BCUT2D eigenvalue weighted by Gasteiger charge is 2.23. The Labute approximate surface area is 137 Å². The predicted molar refractivity (Wildman–Crippen MR) is 92.8 cm³/mol. The lowest BCUT2D eigenvalue weighted by molar-refractivity contribution is -0.143. The van der Waals surface area contributed by atoms with Gasteiger partial charge in [0.2, 0.25) is 0 Å². The first-order valence-electron chi connectivity index (χ1n) is 8.23. The highest BCUT2D eigenvalue weighted by atomic mass is 16.2. The second kappa shape index (κ2) is 7.97. The highest BCUT2D eigenvalue weighted by Crippen LogP contribution is 2.22. The number of carbonyl (C=O) groups excluding carboxylic acids is 2. The summed E-state index contributed by atoms with van der Waals surface area (Å²) in [5.74, 6) is -1.02. The minimum absolute atomic E-state index is 0.460. The summed E-state index contributed by atoms with van der Waals surface area (Å²) in [6.45, 7) is 10.6. The number of carbonyl (C=O) groups is 2. The third kappa shape index (κ3) is 4.22. The molecule has 2 N–H and O–H groups in total.